The van der Waals surface area contributed by atoms with E-state index in [-0.39, 0.29) is 19.3 Å². The van der Waals surface area contributed by atoms with Gasteiger partial charge >= 0.3 is 5.97 Å². The Kier molecular flexibility index (Phi) is 14.9. The molecule has 1 amide bonds. The first-order valence-electron chi connectivity index (χ1n) is 17.0. The molecule has 4 aliphatic rings. The number of nitrogens with one attached hydrogen (secondary N) is 1. The van der Waals surface area contributed by atoms with Crippen molar-refractivity contribution in [1.29, 1.82) is 0 Å². The highest BCUT2D eigenvalue weighted by molar-refractivity contribution is 5.73. The van der Waals surface area contributed by atoms with E-state index in [4.69, 9.17) is 33.2 Å². The second-order valence-corrected chi connectivity index (χ2v) is 13.7. The number of carbonyl (C=O) groups is 2. The normalized spacial score (nSPS) is 46.2. The van der Waals surface area contributed by atoms with Crippen LogP contribution in [-0.4, -0.2) is 194 Å². The highest BCUT2D eigenvalue weighted by Crippen LogP contribution is 2.39. The van der Waals surface area contributed by atoms with E-state index in [1.807, 2.05) is 0 Å². The van der Waals surface area contributed by atoms with E-state index in [1.54, 1.807) is 6.92 Å². The van der Waals surface area contributed by atoms with Crippen LogP contribution in [0.2, 0.25) is 0 Å². The third kappa shape index (κ3) is 9.52. The van der Waals surface area contributed by atoms with Crippen molar-refractivity contribution in [3.8, 4) is 0 Å². The molecular formula is C31H53NO19. The Balaban J connectivity index is 1.57. The molecule has 0 bridgehead atoms. The van der Waals surface area contributed by atoms with Gasteiger partial charge in [-0.1, -0.05) is 6.92 Å². The van der Waals surface area contributed by atoms with Crippen molar-refractivity contribution in [3.63, 3.8) is 0 Å². The van der Waals surface area contributed by atoms with Gasteiger partial charge in [-0.25, -0.2) is 0 Å². The van der Waals surface area contributed by atoms with Gasteiger partial charge in [0.05, 0.1) is 56.7 Å². The van der Waals surface area contributed by atoms with Crippen LogP contribution < -0.4 is 5.32 Å². The van der Waals surface area contributed by atoms with Crippen LogP contribution >= 0.6 is 0 Å². The summed E-state index contributed by atoms with van der Waals surface area (Å²) in [5, 5.41) is 107. The van der Waals surface area contributed by atoms with Gasteiger partial charge in [0.15, 0.2) is 18.9 Å². The number of esters is 1. The molecule has 0 spiro atoms. The fourth-order valence-electron chi connectivity index (χ4n) is 7.13. The molecule has 1 saturated carbocycles. The van der Waals surface area contributed by atoms with E-state index in [0.717, 1.165) is 6.92 Å². The Labute approximate surface area is 293 Å². The molecule has 4 rings (SSSR count). The van der Waals surface area contributed by atoms with Gasteiger partial charge in [0.1, 0.15) is 61.0 Å². The van der Waals surface area contributed by atoms with E-state index in [9.17, 15) is 60.7 Å². The van der Waals surface area contributed by atoms with Crippen molar-refractivity contribution in [1.82, 2.24) is 5.32 Å². The van der Waals surface area contributed by atoms with Crippen LogP contribution in [0.15, 0.2) is 0 Å². The molecule has 3 aliphatic heterocycles. The van der Waals surface area contributed by atoms with E-state index in [1.165, 1.54) is 14.0 Å². The van der Waals surface area contributed by atoms with Crippen molar-refractivity contribution in [3.05, 3.63) is 0 Å². The zero-order valence-corrected chi connectivity index (χ0v) is 28.7. The van der Waals surface area contributed by atoms with Gasteiger partial charge < -0.3 is 89.5 Å². The van der Waals surface area contributed by atoms with Crippen molar-refractivity contribution in [2.45, 2.75) is 150 Å². The number of aliphatic hydroxyl groups excluding tert-OH is 10. The summed E-state index contributed by atoms with van der Waals surface area (Å²) in [6.45, 7) is 2.67. The van der Waals surface area contributed by atoms with E-state index >= 15 is 0 Å². The number of hydrogen-bond donors (Lipinski definition) is 11. The Morgan fingerprint density at radius 1 is 0.804 bits per heavy atom. The van der Waals surface area contributed by atoms with Gasteiger partial charge in [-0.05, 0) is 25.7 Å². The number of hydrogen-bond acceptors (Lipinski definition) is 19. The van der Waals surface area contributed by atoms with Gasteiger partial charge in [-0.3, -0.25) is 9.59 Å². The summed E-state index contributed by atoms with van der Waals surface area (Å²) in [5.74, 6) is -2.35. The third-order valence-corrected chi connectivity index (χ3v) is 9.97. The molecule has 20 nitrogen and oxygen atoms in total. The molecule has 0 aromatic heterocycles. The summed E-state index contributed by atoms with van der Waals surface area (Å²) in [6, 6.07) is -1.25. The molecule has 11 N–H and O–H groups in total. The summed E-state index contributed by atoms with van der Waals surface area (Å²) >= 11 is 0. The number of amides is 1. The predicted octanol–water partition coefficient (Wildman–Crippen LogP) is -5.68. The molecule has 296 valence electrons. The lowest BCUT2D eigenvalue weighted by Gasteiger charge is -2.48. The quantitative estimate of drug-likeness (QED) is 0.0830. The first kappa shape index (κ1) is 42.0. The minimum absolute atomic E-state index is 0.0507. The van der Waals surface area contributed by atoms with Crippen LogP contribution in [-0.2, 0) is 42.7 Å². The third-order valence-electron chi connectivity index (χ3n) is 9.97. The van der Waals surface area contributed by atoms with Crippen molar-refractivity contribution in [2.24, 2.45) is 11.8 Å². The average Bonchev–Trinajstić information content (AvgIpc) is 3.09. The van der Waals surface area contributed by atoms with Crippen LogP contribution in [0.1, 0.15) is 40.0 Å². The summed E-state index contributed by atoms with van der Waals surface area (Å²) < 4.78 is 40.3. The number of rotatable bonds is 12. The number of carbonyl (C=O) groups excluding carboxylic acids is 2. The fraction of sp³-hybridized carbons (Fsp3) is 0.935. The highest BCUT2D eigenvalue weighted by atomic mass is 16.7. The smallest absolute Gasteiger partial charge is 0.308 e. The van der Waals surface area contributed by atoms with Crippen LogP contribution in [0.25, 0.3) is 0 Å². The molecule has 3 heterocycles. The molecule has 0 aromatic carbocycles. The number of ether oxygens (including phenoxy) is 7. The first-order chi connectivity index (χ1) is 24.0. The monoisotopic (exact) mass is 743 g/mol. The largest absolute Gasteiger partial charge is 0.469 e. The van der Waals surface area contributed by atoms with Crippen molar-refractivity contribution >= 4 is 11.9 Å². The molecule has 1 aliphatic carbocycles. The molecule has 20 atom stereocenters. The topological polar surface area (TPSA) is 313 Å². The summed E-state index contributed by atoms with van der Waals surface area (Å²) in [7, 11) is 1.21. The van der Waals surface area contributed by atoms with Crippen LogP contribution in [0, 0.1) is 11.8 Å². The molecule has 3 unspecified atom stereocenters. The van der Waals surface area contributed by atoms with Gasteiger partial charge in [0, 0.05) is 13.3 Å². The van der Waals surface area contributed by atoms with Crippen molar-refractivity contribution < 1.29 is 93.8 Å². The van der Waals surface area contributed by atoms with E-state index in [2.05, 4.69) is 5.32 Å². The summed E-state index contributed by atoms with van der Waals surface area (Å²) in [4.78, 5) is 24.4. The first-order valence-corrected chi connectivity index (χ1v) is 17.0. The minimum Gasteiger partial charge on any atom is -0.469 e. The zero-order chi connectivity index (χ0) is 37.9. The number of aliphatic hydroxyl groups is 10. The Morgan fingerprint density at radius 3 is 2.08 bits per heavy atom. The highest BCUT2D eigenvalue weighted by Gasteiger charge is 2.53. The van der Waals surface area contributed by atoms with Gasteiger partial charge in [-0.15, -0.1) is 0 Å². The Hall–Kier alpha value is -1.70. The fourth-order valence-corrected chi connectivity index (χ4v) is 7.13. The maximum absolute atomic E-state index is 12.6. The standard InChI is InChI=1S/C31H53NO19/c1-10-5-13(29(44)45-4)6-16(26(10)51-30-24(42)23(41)20(38)11(2)46-30)47-31-25(43)28(22(40)17(9-34)48-31)50-18-7-14(36)19(32-12(3)35)27(49-18)21(39)15(37)8-33/h10-11,13-28,30-31,33-34,36-43H,5-9H2,1-4H3,(H,32,35)/t10-,11-,13?,14-,15+,16+,17+,18?,19+,20+,21+,22-,23+,24-,25+,26+,27+,28-,30?,31+/m0/s1. The predicted molar refractivity (Wildman–Crippen MR) is 165 cm³/mol. The zero-order valence-electron chi connectivity index (χ0n) is 28.7. The Bertz CT molecular complexity index is 1140. The van der Waals surface area contributed by atoms with Gasteiger partial charge in [0.25, 0.3) is 0 Å². The van der Waals surface area contributed by atoms with E-state index < -0.39 is 147 Å². The van der Waals surface area contributed by atoms with Crippen molar-refractivity contribution in [2.75, 3.05) is 20.3 Å². The summed E-state index contributed by atoms with van der Waals surface area (Å²) in [6.07, 6.45) is -25.6. The SMILES string of the molecule is COC(=O)C1C[C@H](C)[C@@H](OC2O[C@@H](C)[C@@H](O)[C@@H](O)[C@@H]2O)[C@H](O[C@@H]2O[C@H](CO)[C@H](O)[C@H](OC3C[C@H](O)[C@@H](NC(C)=O)[C@H]([C@H](O)[C@H](O)CO)O3)[C@H]2O)C1. The molecule has 51 heavy (non-hydrogen) atoms. The minimum atomic E-state index is -1.84. The second kappa shape index (κ2) is 18.1. The van der Waals surface area contributed by atoms with Crippen LogP contribution in [0.4, 0.5) is 0 Å². The maximum atomic E-state index is 12.6. The molecular weight excluding hydrogens is 690 g/mol. The lowest BCUT2D eigenvalue weighted by atomic mass is 9.78. The molecule has 0 radical (unpaired) electrons. The van der Waals surface area contributed by atoms with E-state index in [0.29, 0.717) is 0 Å². The van der Waals surface area contributed by atoms with Crippen LogP contribution in [0.3, 0.4) is 0 Å². The van der Waals surface area contributed by atoms with Gasteiger partial charge in [-0.2, -0.15) is 0 Å². The summed E-state index contributed by atoms with van der Waals surface area (Å²) in [5.41, 5.74) is 0. The second-order valence-electron chi connectivity index (χ2n) is 13.7. The molecule has 3 saturated heterocycles. The lowest BCUT2D eigenvalue weighted by Crippen LogP contribution is -2.65. The molecule has 4 fully saturated rings. The maximum Gasteiger partial charge on any atom is 0.308 e. The average molecular weight is 744 g/mol. The molecule has 0 aromatic rings. The lowest BCUT2D eigenvalue weighted by molar-refractivity contribution is -0.362. The molecule has 20 heteroatoms. The number of methoxy groups -OCH3 is 1. The Morgan fingerprint density at radius 2 is 1.47 bits per heavy atom. The van der Waals surface area contributed by atoms with Gasteiger partial charge in [0.2, 0.25) is 5.91 Å². The van der Waals surface area contributed by atoms with Crippen LogP contribution in [0.5, 0.6) is 0 Å².